The van der Waals surface area contributed by atoms with Crippen molar-refractivity contribution in [2.45, 2.75) is 12.8 Å². The molecule has 0 aromatic heterocycles. The third-order valence-electron chi connectivity index (χ3n) is 2.45. The molecule has 1 amide bonds. The molecule has 74 valence electrons. The highest BCUT2D eigenvalue weighted by molar-refractivity contribution is 6.30. The molecule has 3 heteroatoms. The molecule has 0 bridgehead atoms. The van der Waals surface area contributed by atoms with Crippen LogP contribution < -0.4 is 0 Å². The Kier molecular flexibility index (Phi) is 2.73. The van der Waals surface area contributed by atoms with Crippen molar-refractivity contribution in [3.8, 4) is 0 Å². The Morgan fingerprint density at radius 1 is 1.43 bits per heavy atom. The highest BCUT2D eigenvalue weighted by Gasteiger charge is 2.19. The molecule has 0 saturated carbocycles. The van der Waals surface area contributed by atoms with Gasteiger partial charge in [0.2, 0.25) is 5.91 Å². The second-order valence-electron chi connectivity index (χ2n) is 3.54. The molecule has 2 nitrogen and oxygen atoms in total. The van der Waals surface area contributed by atoms with E-state index in [1.54, 1.807) is 0 Å². The highest BCUT2D eigenvalue weighted by atomic mass is 35.5. The average Bonchev–Trinajstić information content (AvgIpc) is 1.99. The van der Waals surface area contributed by atoms with Crippen LogP contribution in [-0.2, 0) is 11.2 Å². The maximum absolute atomic E-state index is 11.6. The van der Waals surface area contributed by atoms with E-state index in [1.807, 2.05) is 29.2 Å². The molecule has 0 unspecified atom stereocenters. The number of halogens is 1. The molecule has 14 heavy (non-hydrogen) atoms. The second-order valence-corrected chi connectivity index (χ2v) is 3.98. The minimum absolute atomic E-state index is 0.207. The van der Waals surface area contributed by atoms with E-state index in [9.17, 15) is 4.79 Å². The van der Waals surface area contributed by atoms with Crippen LogP contribution in [-0.4, -0.2) is 23.9 Å². The number of rotatable bonds is 2. The van der Waals surface area contributed by atoms with Crippen LogP contribution in [0, 0.1) is 0 Å². The van der Waals surface area contributed by atoms with Crippen LogP contribution in [0.2, 0.25) is 5.02 Å². The molecule has 0 radical (unpaired) electrons. The Bertz CT molecular complexity index is 347. The van der Waals surface area contributed by atoms with Crippen molar-refractivity contribution in [3.63, 3.8) is 0 Å². The van der Waals surface area contributed by atoms with Crippen LogP contribution in [0.1, 0.15) is 12.0 Å². The smallest absolute Gasteiger partial charge is 0.226 e. The van der Waals surface area contributed by atoms with Gasteiger partial charge in [-0.3, -0.25) is 4.79 Å². The van der Waals surface area contributed by atoms with Gasteiger partial charge in [0.1, 0.15) is 0 Å². The molecule has 1 aromatic carbocycles. The SMILES string of the molecule is O=C(Cc1cccc(Cl)c1)N1CCC1. The first kappa shape index (κ1) is 9.53. The molecule has 2 rings (SSSR count). The zero-order valence-corrected chi connectivity index (χ0v) is 8.63. The Hall–Kier alpha value is -1.02. The fourth-order valence-electron chi connectivity index (χ4n) is 1.50. The minimum atomic E-state index is 0.207. The van der Waals surface area contributed by atoms with Crippen molar-refractivity contribution >= 4 is 17.5 Å². The van der Waals surface area contributed by atoms with Crippen LogP contribution in [0.25, 0.3) is 0 Å². The average molecular weight is 210 g/mol. The second kappa shape index (κ2) is 4.01. The van der Waals surface area contributed by atoms with E-state index in [0.29, 0.717) is 11.4 Å². The van der Waals surface area contributed by atoms with E-state index >= 15 is 0 Å². The molecular weight excluding hydrogens is 198 g/mol. The van der Waals surface area contributed by atoms with Crippen molar-refractivity contribution in [1.29, 1.82) is 0 Å². The number of nitrogens with zero attached hydrogens (tertiary/aromatic N) is 1. The lowest BCUT2D eigenvalue weighted by Crippen LogP contribution is -2.42. The van der Waals surface area contributed by atoms with Crippen LogP contribution in [0.15, 0.2) is 24.3 Å². The molecule has 0 atom stereocenters. The van der Waals surface area contributed by atoms with Gasteiger partial charge in [-0.15, -0.1) is 0 Å². The minimum Gasteiger partial charge on any atom is -0.342 e. The predicted molar refractivity (Wildman–Crippen MR) is 56.4 cm³/mol. The number of hydrogen-bond donors (Lipinski definition) is 0. The first-order valence-corrected chi connectivity index (χ1v) is 5.16. The standard InChI is InChI=1S/C11H12ClNO/c12-10-4-1-3-9(7-10)8-11(14)13-5-2-6-13/h1,3-4,7H,2,5-6,8H2. The fraction of sp³-hybridized carbons (Fsp3) is 0.364. The number of benzene rings is 1. The summed E-state index contributed by atoms with van der Waals surface area (Å²) >= 11 is 5.83. The molecular formula is C11H12ClNO. The summed E-state index contributed by atoms with van der Waals surface area (Å²) in [5.74, 6) is 0.207. The lowest BCUT2D eigenvalue weighted by molar-refractivity contribution is -0.133. The molecule has 0 N–H and O–H groups in total. The lowest BCUT2D eigenvalue weighted by Gasteiger charge is -2.30. The Morgan fingerprint density at radius 3 is 2.79 bits per heavy atom. The summed E-state index contributed by atoms with van der Waals surface area (Å²) in [7, 11) is 0. The summed E-state index contributed by atoms with van der Waals surface area (Å²) in [6, 6.07) is 7.48. The Morgan fingerprint density at radius 2 is 2.21 bits per heavy atom. The van der Waals surface area contributed by atoms with Gasteiger partial charge in [-0.05, 0) is 24.1 Å². The van der Waals surface area contributed by atoms with E-state index in [2.05, 4.69) is 0 Å². The molecule has 1 saturated heterocycles. The summed E-state index contributed by atoms with van der Waals surface area (Å²) in [6.07, 6.45) is 1.61. The van der Waals surface area contributed by atoms with Gasteiger partial charge in [0.15, 0.2) is 0 Å². The summed E-state index contributed by atoms with van der Waals surface area (Å²) in [5.41, 5.74) is 0.995. The van der Waals surface area contributed by atoms with Crippen LogP contribution in [0.3, 0.4) is 0 Å². The van der Waals surface area contributed by atoms with Gasteiger partial charge in [-0.25, -0.2) is 0 Å². The maximum atomic E-state index is 11.6. The normalized spacial score (nSPS) is 15.1. The largest absolute Gasteiger partial charge is 0.342 e. The lowest BCUT2D eigenvalue weighted by atomic mass is 10.1. The quantitative estimate of drug-likeness (QED) is 0.731. The summed E-state index contributed by atoms with van der Waals surface area (Å²) in [6.45, 7) is 1.83. The summed E-state index contributed by atoms with van der Waals surface area (Å²) in [5, 5.41) is 0.693. The van der Waals surface area contributed by atoms with Crippen molar-refractivity contribution in [3.05, 3.63) is 34.9 Å². The molecule has 1 heterocycles. The summed E-state index contributed by atoms with van der Waals surface area (Å²) in [4.78, 5) is 13.5. The van der Waals surface area contributed by atoms with Gasteiger partial charge >= 0.3 is 0 Å². The van der Waals surface area contributed by atoms with Crippen molar-refractivity contribution in [1.82, 2.24) is 4.90 Å². The van der Waals surface area contributed by atoms with Gasteiger partial charge in [0.05, 0.1) is 6.42 Å². The monoisotopic (exact) mass is 209 g/mol. The van der Waals surface area contributed by atoms with Gasteiger partial charge < -0.3 is 4.90 Å². The fourth-order valence-corrected chi connectivity index (χ4v) is 1.71. The molecule has 1 aromatic rings. The van der Waals surface area contributed by atoms with Crippen LogP contribution in [0.5, 0.6) is 0 Å². The molecule has 1 aliphatic rings. The number of likely N-dealkylation sites (tertiary alicyclic amines) is 1. The van der Waals surface area contributed by atoms with E-state index in [4.69, 9.17) is 11.6 Å². The maximum Gasteiger partial charge on any atom is 0.226 e. The topological polar surface area (TPSA) is 20.3 Å². The molecule has 1 fully saturated rings. The Labute approximate surface area is 88.5 Å². The van der Waals surface area contributed by atoms with Crippen molar-refractivity contribution < 1.29 is 4.79 Å². The van der Waals surface area contributed by atoms with E-state index in [0.717, 1.165) is 25.1 Å². The Balaban J connectivity index is 1.99. The predicted octanol–water partition coefficient (Wildman–Crippen LogP) is 2.11. The molecule has 1 aliphatic heterocycles. The van der Waals surface area contributed by atoms with Gasteiger partial charge in [-0.1, -0.05) is 23.7 Å². The van der Waals surface area contributed by atoms with Crippen LogP contribution >= 0.6 is 11.6 Å². The number of hydrogen-bond acceptors (Lipinski definition) is 1. The molecule has 0 aliphatic carbocycles. The van der Waals surface area contributed by atoms with Gasteiger partial charge in [0, 0.05) is 18.1 Å². The van der Waals surface area contributed by atoms with Gasteiger partial charge in [0.25, 0.3) is 0 Å². The first-order valence-electron chi connectivity index (χ1n) is 4.78. The zero-order valence-electron chi connectivity index (χ0n) is 7.87. The summed E-state index contributed by atoms with van der Waals surface area (Å²) < 4.78 is 0. The number of amides is 1. The van der Waals surface area contributed by atoms with E-state index in [-0.39, 0.29) is 5.91 Å². The number of carbonyl (C=O) groups excluding carboxylic acids is 1. The van der Waals surface area contributed by atoms with Gasteiger partial charge in [-0.2, -0.15) is 0 Å². The zero-order chi connectivity index (χ0) is 9.97. The first-order chi connectivity index (χ1) is 6.75. The van der Waals surface area contributed by atoms with Crippen LogP contribution in [0.4, 0.5) is 0 Å². The number of carbonyl (C=O) groups is 1. The van der Waals surface area contributed by atoms with E-state index in [1.165, 1.54) is 0 Å². The third kappa shape index (κ3) is 2.07. The van der Waals surface area contributed by atoms with E-state index < -0.39 is 0 Å². The van der Waals surface area contributed by atoms with Crippen molar-refractivity contribution in [2.75, 3.05) is 13.1 Å². The van der Waals surface area contributed by atoms with Crippen molar-refractivity contribution in [2.24, 2.45) is 0 Å². The molecule has 0 spiro atoms. The third-order valence-corrected chi connectivity index (χ3v) is 2.69. The highest BCUT2D eigenvalue weighted by Crippen LogP contribution is 2.14.